The second-order valence-corrected chi connectivity index (χ2v) is 6.03. The number of carbonyl (C=O) groups is 1. The summed E-state index contributed by atoms with van der Waals surface area (Å²) in [6, 6.07) is 13.5. The summed E-state index contributed by atoms with van der Waals surface area (Å²) in [7, 11) is 1.63. The summed E-state index contributed by atoms with van der Waals surface area (Å²) in [6.45, 7) is 7.72. The highest BCUT2D eigenvalue weighted by atomic mass is 16.5. The van der Waals surface area contributed by atoms with E-state index in [-0.39, 0.29) is 11.9 Å². The zero-order chi connectivity index (χ0) is 17.7. The minimum absolute atomic E-state index is 0.103. The molecule has 0 bridgehead atoms. The molecule has 2 aromatic carbocycles. The summed E-state index contributed by atoms with van der Waals surface area (Å²) in [6.07, 6.45) is -0.563. The molecule has 0 aromatic heterocycles. The topological polar surface area (TPSA) is 47.6 Å². The Hall–Kier alpha value is -2.49. The van der Waals surface area contributed by atoms with E-state index < -0.39 is 6.10 Å². The molecule has 0 fully saturated rings. The minimum Gasteiger partial charge on any atom is -0.497 e. The number of benzene rings is 2. The van der Waals surface area contributed by atoms with Gasteiger partial charge in [0.1, 0.15) is 11.5 Å². The molecule has 24 heavy (non-hydrogen) atoms. The number of amides is 1. The van der Waals surface area contributed by atoms with Crippen molar-refractivity contribution in [1.82, 2.24) is 5.32 Å². The lowest BCUT2D eigenvalue weighted by molar-refractivity contribution is -0.127. The van der Waals surface area contributed by atoms with Crippen LogP contribution >= 0.6 is 0 Å². The summed E-state index contributed by atoms with van der Waals surface area (Å²) in [5.74, 6) is 1.39. The number of hydrogen-bond acceptors (Lipinski definition) is 3. The second-order valence-electron chi connectivity index (χ2n) is 6.03. The standard InChI is InChI=1S/C20H25NO3/c1-13-6-11-19(14(2)12-13)24-16(4)20(22)21-15(3)17-7-9-18(23-5)10-8-17/h6-12,15-16H,1-5H3,(H,21,22). The van der Waals surface area contributed by atoms with E-state index in [1.54, 1.807) is 14.0 Å². The van der Waals surface area contributed by atoms with Crippen LogP contribution in [0.15, 0.2) is 42.5 Å². The molecule has 128 valence electrons. The predicted molar refractivity (Wildman–Crippen MR) is 95.6 cm³/mol. The number of nitrogens with one attached hydrogen (secondary N) is 1. The molecule has 0 aliphatic carbocycles. The Morgan fingerprint density at radius 3 is 2.29 bits per heavy atom. The molecule has 4 nitrogen and oxygen atoms in total. The Bertz CT molecular complexity index is 695. The maximum absolute atomic E-state index is 12.4. The van der Waals surface area contributed by atoms with Crippen LogP contribution in [0.2, 0.25) is 0 Å². The molecular weight excluding hydrogens is 302 g/mol. The van der Waals surface area contributed by atoms with Crippen LogP contribution in [-0.4, -0.2) is 19.1 Å². The fourth-order valence-corrected chi connectivity index (χ4v) is 2.48. The first-order valence-electron chi connectivity index (χ1n) is 8.09. The Morgan fingerprint density at radius 1 is 1.04 bits per heavy atom. The number of rotatable bonds is 6. The van der Waals surface area contributed by atoms with Crippen molar-refractivity contribution in [1.29, 1.82) is 0 Å². The van der Waals surface area contributed by atoms with Crippen LogP contribution in [0.25, 0.3) is 0 Å². The van der Waals surface area contributed by atoms with Crippen molar-refractivity contribution in [2.45, 2.75) is 39.8 Å². The maximum atomic E-state index is 12.4. The Balaban J connectivity index is 1.97. The monoisotopic (exact) mass is 327 g/mol. The van der Waals surface area contributed by atoms with E-state index in [1.807, 2.05) is 63.2 Å². The molecule has 0 heterocycles. The molecule has 0 spiro atoms. The summed E-state index contributed by atoms with van der Waals surface area (Å²) in [4.78, 5) is 12.4. The predicted octanol–water partition coefficient (Wildman–Crippen LogP) is 3.96. The van der Waals surface area contributed by atoms with Gasteiger partial charge in [0, 0.05) is 0 Å². The average molecular weight is 327 g/mol. The van der Waals surface area contributed by atoms with Crippen LogP contribution in [0.3, 0.4) is 0 Å². The van der Waals surface area contributed by atoms with Gasteiger partial charge in [-0.3, -0.25) is 4.79 Å². The molecule has 0 aliphatic heterocycles. The molecule has 1 N–H and O–H groups in total. The first-order valence-corrected chi connectivity index (χ1v) is 8.09. The first-order chi connectivity index (χ1) is 11.4. The van der Waals surface area contributed by atoms with E-state index in [0.717, 1.165) is 22.6 Å². The zero-order valence-electron chi connectivity index (χ0n) is 14.9. The van der Waals surface area contributed by atoms with Crippen LogP contribution in [0.5, 0.6) is 11.5 Å². The van der Waals surface area contributed by atoms with Crippen molar-refractivity contribution in [3.8, 4) is 11.5 Å². The third-order valence-corrected chi connectivity index (χ3v) is 3.98. The minimum atomic E-state index is -0.563. The van der Waals surface area contributed by atoms with Crippen LogP contribution in [0.1, 0.15) is 36.6 Å². The molecule has 0 radical (unpaired) electrons. The van der Waals surface area contributed by atoms with E-state index >= 15 is 0 Å². The summed E-state index contributed by atoms with van der Waals surface area (Å²) < 4.78 is 10.9. The lowest BCUT2D eigenvalue weighted by atomic mass is 10.1. The van der Waals surface area contributed by atoms with Crippen molar-refractivity contribution >= 4 is 5.91 Å². The van der Waals surface area contributed by atoms with Crippen molar-refractivity contribution in [2.24, 2.45) is 0 Å². The molecule has 0 saturated carbocycles. The molecule has 2 rings (SSSR count). The van der Waals surface area contributed by atoms with Gasteiger partial charge in [-0.2, -0.15) is 0 Å². The van der Waals surface area contributed by atoms with Crippen molar-refractivity contribution in [3.63, 3.8) is 0 Å². The number of hydrogen-bond donors (Lipinski definition) is 1. The summed E-state index contributed by atoms with van der Waals surface area (Å²) in [5, 5.41) is 2.98. The Labute approximate surface area is 143 Å². The SMILES string of the molecule is COc1ccc(C(C)NC(=O)C(C)Oc2ccc(C)cc2C)cc1. The van der Waals surface area contributed by atoms with E-state index in [1.165, 1.54) is 5.56 Å². The van der Waals surface area contributed by atoms with E-state index in [4.69, 9.17) is 9.47 Å². The summed E-state index contributed by atoms with van der Waals surface area (Å²) >= 11 is 0. The smallest absolute Gasteiger partial charge is 0.261 e. The molecule has 2 unspecified atom stereocenters. The quantitative estimate of drug-likeness (QED) is 0.874. The van der Waals surface area contributed by atoms with Gasteiger partial charge in [0.2, 0.25) is 0 Å². The Morgan fingerprint density at radius 2 is 1.71 bits per heavy atom. The highest BCUT2D eigenvalue weighted by Crippen LogP contribution is 2.21. The fraction of sp³-hybridized carbons (Fsp3) is 0.350. The number of carbonyl (C=O) groups excluding carboxylic acids is 1. The first kappa shape index (κ1) is 17.9. The zero-order valence-corrected chi connectivity index (χ0v) is 14.9. The fourth-order valence-electron chi connectivity index (χ4n) is 2.48. The van der Waals surface area contributed by atoms with Gasteiger partial charge in [-0.25, -0.2) is 0 Å². The number of methoxy groups -OCH3 is 1. The van der Waals surface area contributed by atoms with Gasteiger partial charge in [-0.05, 0) is 57.0 Å². The largest absolute Gasteiger partial charge is 0.497 e. The highest BCUT2D eigenvalue weighted by Gasteiger charge is 2.18. The molecule has 4 heteroatoms. The van der Waals surface area contributed by atoms with Gasteiger partial charge in [-0.1, -0.05) is 29.8 Å². The van der Waals surface area contributed by atoms with Crippen molar-refractivity contribution in [3.05, 3.63) is 59.2 Å². The van der Waals surface area contributed by atoms with Crippen LogP contribution in [-0.2, 0) is 4.79 Å². The van der Waals surface area contributed by atoms with E-state index in [9.17, 15) is 4.79 Å². The van der Waals surface area contributed by atoms with Gasteiger partial charge in [0.05, 0.1) is 13.2 Å². The number of ether oxygens (including phenoxy) is 2. The van der Waals surface area contributed by atoms with E-state index in [0.29, 0.717) is 0 Å². The molecule has 0 saturated heterocycles. The normalized spacial score (nSPS) is 13.0. The number of aryl methyl sites for hydroxylation is 2. The average Bonchev–Trinajstić information content (AvgIpc) is 2.57. The highest BCUT2D eigenvalue weighted by molar-refractivity contribution is 5.81. The molecule has 2 aromatic rings. The lowest BCUT2D eigenvalue weighted by Crippen LogP contribution is -2.37. The maximum Gasteiger partial charge on any atom is 0.261 e. The van der Waals surface area contributed by atoms with Crippen molar-refractivity contribution in [2.75, 3.05) is 7.11 Å². The Kier molecular flexibility index (Phi) is 5.85. The van der Waals surface area contributed by atoms with Crippen LogP contribution in [0.4, 0.5) is 0 Å². The molecular formula is C20H25NO3. The van der Waals surface area contributed by atoms with Gasteiger partial charge >= 0.3 is 0 Å². The third kappa shape index (κ3) is 4.51. The van der Waals surface area contributed by atoms with E-state index in [2.05, 4.69) is 5.32 Å². The molecule has 0 aliphatic rings. The lowest BCUT2D eigenvalue weighted by Gasteiger charge is -2.20. The van der Waals surface area contributed by atoms with Crippen molar-refractivity contribution < 1.29 is 14.3 Å². The summed E-state index contributed by atoms with van der Waals surface area (Å²) in [5.41, 5.74) is 3.21. The van der Waals surface area contributed by atoms with Gasteiger partial charge in [0.15, 0.2) is 6.10 Å². The second kappa shape index (κ2) is 7.86. The van der Waals surface area contributed by atoms with Gasteiger partial charge < -0.3 is 14.8 Å². The van der Waals surface area contributed by atoms with Crippen LogP contribution in [0, 0.1) is 13.8 Å². The van der Waals surface area contributed by atoms with Gasteiger partial charge in [0.25, 0.3) is 5.91 Å². The third-order valence-electron chi connectivity index (χ3n) is 3.98. The van der Waals surface area contributed by atoms with Gasteiger partial charge in [-0.15, -0.1) is 0 Å². The van der Waals surface area contributed by atoms with Crippen LogP contribution < -0.4 is 14.8 Å². The molecule has 1 amide bonds. The molecule has 2 atom stereocenters.